The Morgan fingerprint density at radius 1 is 0.789 bits per heavy atom. The van der Waals surface area contributed by atoms with E-state index in [0.29, 0.717) is 6.42 Å². The first kappa shape index (κ1) is 30.3. The summed E-state index contributed by atoms with van der Waals surface area (Å²) in [6.45, 7) is 8.73. The van der Waals surface area contributed by atoms with Gasteiger partial charge in [0.2, 0.25) is 11.8 Å². The maximum Gasteiger partial charge on any atom is 0.408 e. The van der Waals surface area contributed by atoms with Gasteiger partial charge in [-0.2, -0.15) is 0 Å². The third-order valence-electron chi connectivity index (χ3n) is 5.98. The molecule has 0 aliphatic heterocycles. The predicted molar refractivity (Wildman–Crippen MR) is 144 cm³/mol. The minimum atomic E-state index is -1.15. The zero-order valence-corrected chi connectivity index (χ0v) is 22.7. The van der Waals surface area contributed by atoms with E-state index in [1.54, 1.807) is 27.7 Å². The van der Waals surface area contributed by atoms with Gasteiger partial charge in [0.1, 0.15) is 23.7 Å². The molecular formula is C29H39N3O6. The van der Waals surface area contributed by atoms with Gasteiger partial charge in [-0.3, -0.25) is 9.59 Å². The van der Waals surface area contributed by atoms with E-state index in [1.807, 2.05) is 67.6 Å². The van der Waals surface area contributed by atoms with E-state index in [1.165, 1.54) is 0 Å². The summed E-state index contributed by atoms with van der Waals surface area (Å²) in [4.78, 5) is 51.2. The van der Waals surface area contributed by atoms with Gasteiger partial charge in [0.25, 0.3) is 0 Å². The number of amides is 3. The Morgan fingerprint density at radius 3 is 1.66 bits per heavy atom. The number of carbonyl (C=O) groups excluding carboxylic acids is 3. The average molecular weight is 526 g/mol. The molecule has 0 unspecified atom stereocenters. The molecule has 0 heterocycles. The summed E-state index contributed by atoms with van der Waals surface area (Å²) in [5.74, 6) is -2.67. The van der Waals surface area contributed by atoms with Gasteiger partial charge >= 0.3 is 12.1 Å². The summed E-state index contributed by atoms with van der Waals surface area (Å²) in [5.41, 5.74) is 0.814. The van der Waals surface area contributed by atoms with E-state index in [0.717, 1.165) is 11.1 Å². The second-order valence-electron chi connectivity index (χ2n) is 10.3. The fraction of sp³-hybridized carbons (Fsp3) is 0.448. The van der Waals surface area contributed by atoms with Crippen LogP contribution in [0, 0.1) is 5.92 Å². The number of ether oxygens (including phenoxy) is 1. The SMILES string of the molecule is CC[C@@H](C)[C@H](NC(=O)[C@H](Cc1ccccc1)NC(=O)[C@H](Cc1ccccc1)NC(=O)OC(C)(C)C)C(=O)O. The Hall–Kier alpha value is -3.88. The summed E-state index contributed by atoms with van der Waals surface area (Å²) < 4.78 is 5.35. The lowest BCUT2D eigenvalue weighted by Crippen LogP contribution is -2.57. The summed E-state index contributed by atoms with van der Waals surface area (Å²) in [5, 5.41) is 17.6. The molecule has 4 N–H and O–H groups in total. The van der Waals surface area contributed by atoms with Crippen molar-refractivity contribution in [2.75, 3.05) is 0 Å². The Bertz CT molecular complexity index is 1070. The Morgan fingerprint density at radius 2 is 1.24 bits per heavy atom. The highest BCUT2D eigenvalue weighted by molar-refractivity contribution is 5.93. The van der Waals surface area contributed by atoms with E-state index in [2.05, 4.69) is 16.0 Å². The number of carbonyl (C=O) groups is 4. The number of rotatable bonds is 12. The number of carboxylic acid groups (broad SMARTS) is 1. The molecule has 0 saturated heterocycles. The van der Waals surface area contributed by atoms with Crippen molar-refractivity contribution in [1.29, 1.82) is 0 Å². The van der Waals surface area contributed by atoms with Crippen molar-refractivity contribution >= 4 is 23.9 Å². The maximum absolute atomic E-state index is 13.5. The van der Waals surface area contributed by atoms with E-state index < -0.39 is 47.6 Å². The molecule has 4 atom stereocenters. The number of hydrogen-bond donors (Lipinski definition) is 4. The van der Waals surface area contributed by atoms with Crippen LogP contribution in [0.4, 0.5) is 4.79 Å². The number of hydrogen-bond acceptors (Lipinski definition) is 5. The maximum atomic E-state index is 13.5. The molecule has 2 aromatic rings. The monoisotopic (exact) mass is 525 g/mol. The number of benzene rings is 2. The minimum Gasteiger partial charge on any atom is -0.480 e. The van der Waals surface area contributed by atoms with E-state index in [4.69, 9.17) is 4.74 Å². The minimum absolute atomic E-state index is 0.135. The van der Waals surface area contributed by atoms with Crippen LogP contribution in [0.2, 0.25) is 0 Å². The molecular weight excluding hydrogens is 486 g/mol. The van der Waals surface area contributed by atoms with Crippen LogP contribution < -0.4 is 16.0 Å². The molecule has 0 spiro atoms. The van der Waals surface area contributed by atoms with Crippen LogP contribution in [0.15, 0.2) is 60.7 Å². The van der Waals surface area contributed by atoms with E-state index >= 15 is 0 Å². The highest BCUT2D eigenvalue weighted by atomic mass is 16.6. The molecule has 0 radical (unpaired) electrons. The molecule has 9 nitrogen and oxygen atoms in total. The summed E-state index contributed by atoms with van der Waals surface area (Å²) >= 11 is 0. The smallest absolute Gasteiger partial charge is 0.408 e. The van der Waals surface area contributed by atoms with Gasteiger partial charge in [-0.1, -0.05) is 80.9 Å². The number of aliphatic carboxylic acids is 1. The van der Waals surface area contributed by atoms with Crippen LogP contribution >= 0.6 is 0 Å². The van der Waals surface area contributed by atoms with Gasteiger partial charge < -0.3 is 25.8 Å². The second-order valence-corrected chi connectivity index (χ2v) is 10.3. The quantitative estimate of drug-likeness (QED) is 0.335. The summed E-state index contributed by atoms with van der Waals surface area (Å²) in [7, 11) is 0. The fourth-order valence-corrected chi connectivity index (χ4v) is 3.78. The largest absolute Gasteiger partial charge is 0.480 e. The van der Waals surface area contributed by atoms with Gasteiger partial charge in [-0.05, 0) is 37.8 Å². The first-order valence-corrected chi connectivity index (χ1v) is 12.8. The highest BCUT2D eigenvalue weighted by Crippen LogP contribution is 2.12. The lowest BCUT2D eigenvalue weighted by molar-refractivity contribution is -0.143. The fourth-order valence-electron chi connectivity index (χ4n) is 3.78. The van der Waals surface area contributed by atoms with Crippen molar-refractivity contribution in [1.82, 2.24) is 16.0 Å². The third-order valence-corrected chi connectivity index (χ3v) is 5.98. The van der Waals surface area contributed by atoms with Crippen molar-refractivity contribution in [3.05, 3.63) is 71.8 Å². The molecule has 2 aromatic carbocycles. The molecule has 0 bridgehead atoms. The van der Waals surface area contributed by atoms with Crippen LogP contribution in [-0.2, 0) is 32.0 Å². The van der Waals surface area contributed by atoms with Crippen LogP contribution in [0.5, 0.6) is 0 Å². The zero-order chi connectivity index (χ0) is 28.3. The van der Waals surface area contributed by atoms with E-state index in [-0.39, 0.29) is 18.8 Å². The number of nitrogens with one attached hydrogen (secondary N) is 3. The topological polar surface area (TPSA) is 134 Å². The molecule has 2 rings (SSSR count). The van der Waals surface area contributed by atoms with E-state index in [9.17, 15) is 24.3 Å². The molecule has 0 saturated carbocycles. The first-order chi connectivity index (χ1) is 17.9. The van der Waals surface area contributed by atoms with Crippen LogP contribution in [0.1, 0.15) is 52.2 Å². The van der Waals surface area contributed by atoms with Gasteiger partial charge in [-0.15, -0.1) is 0 Å². The third kappa shape index (κ3) is 10.2. The molecule has 206 valence electrons. The number of carboxylic acids is 1. The Labute approximate surface area is 224 Å². The standard InChI is InChI=1S/C29H39N3O6/c1-6-19(2)24(27(35)36)32-26(34)22(17-20-13-9-7-10-14-20)30-25(33)23(18-21-15-11-8-12-16-21)31-28(37)38-29(3,4)5/h7-16,19,22-24H,6,17-18H2,1-5H3,(H,30,33)(H,31,37)(H,32,34)(H,35,36)/t19-,22+,23+,24+/m1/s1. The summed E-state index contributed by atoms with van der Waals surface area (Å²) in [6, 6.07) is 15.0. The molecule has 0 fully saturated rings. The lowest BCUT2D eigenvalue weighted by atomic mass is 9.98. The highest BCUT2D eigenvalue weighted by Gasteiger charge is 2.32. The van der Waals surface area contributed by atoms with Gasteiger partial charge in [-0.25, -0.2) is 9.59 Å². The van der Waals surface area contributed by atoms with Crippen LogP contribution in [0.25, 0.3) is 0 Å². The van der Waals surface area contributed by atoms with Crippen molar-refractivity contribution in [3.8, 4) is 0 Å². The zero-order valence-electron chi connectivity index (χ0n) is 22.7. The average Bonchev–Trinajstić information content (AvgIpc) is 2.85. The molecule has 0 aliphatic carbocycles. The summed E-state index contributed by atoms with van der Waals surface area (Å²) in [6.07, 6.45) is 0.0816. The van der Waals surface area contributed by atoms with Crippen molar-refractivity contribution in [3.63, 3.8) is 0 Å². The van der Waals surface area contributed by atoms with Crippen molar-refractivity contribution in [2.24, 2.45) is 5.92 Å². The molecule has 38 heavy (non-hydrogen) atoms. The van der Waals surface area contributed by atoms with Gasteiger partial charge in [0, 0.05) is 12.8 Å². The Kier molecular flexibility index (Phi) is 11.3. The van der Waals surface area contributed by atoms with Gasteiger partial charge in [0.15, 0.2) is 0 Å². The number of alkyl carbamates (subject to hydrolysis) is 1. The van der Waals surface area contributed by atoms with Gasteiger partial charge in [0.05, 0.1) is 0 Å². The van der Waals surface area contributed by atoms with Crippen LogP contribution in [-0.4, -0.2) is 52.7 Å². The molecule has 9 heteroatoms. The second kappa shape index (κ2) is 14.2. The molecule has 0 aromatic heterocycles. The molecule has 3 amide bonds. The van der Waals surface area contributed by atoms with Crippen molar-refractivity contribution in [2.45, 2.75) is 77.6 Å². The van der Waals surface area contributed by atoms with Crippen LogP contribution in [0.3, 0.4) is 0 Å². The van der Waals surface area contributed by atoms with Crippen molar-refractivity contribution < 1.29 is 29.0 Å². The lowest BCUT2D eigenvalue weighted by Gasteiger charge is -2.27. The Balaban J connectivity index is 2.30. The molecule has 0 aliphatic rings. The normalized spacial score (nSPS) is 14.3. The first-order valence-electron chi connectivity index (χ1n) is 12.8. The predicted octanol–water partition coefficient (Wildman–Crippen LogP) is 3.47.